The van der Waals surface area contributed by atoms with Crippen molar-refractivity contribution in [1.29, 1.82) is 0 Å². The number of benzene rings is 1. The largest absolute Gasteiger partial charge is 0.347 e. The summed E-state index contributed by atoms with van der Waals surface area (Å²) in [6, 6.07) is 9.42. The number of Topliss-reactive ketones (excluding diaryl/α,β-unsaturated/α-hetero) is 1. The van der Waals surface area contributed by atoms with Crippen LogP contribution in [0.3, 0.4) is 0 Å². The van der Waals surface area contributed by atoms with Gasteiger partial charge in [-0.3, -0.25) is 14.4 Å². The average Bonchev–Trinajstić information content (AvgIpc) is 3.01. The molecule has 0 saturated heterocycles. The number of hydrogen-bond donors (Lipinski definition) is 2. The van der Waals surface area contributed by atoms with Crippen molar-refractivity contribution in [3.05, 3.63) is 51.2 Å². The predicted molar refractivity (Wildman–Crippen MR) is 100 cm³/mol. The van der Waals surface area contributed by atoms with E-state index >= 15 is 0 Å². The summed E-state index contributed by atoms with van der Waals surface area (Å²) >= 11 is 1.42. The molecule has 5 nitrogen and oxygen atoms in total. The first-order valence-electron chi connectivity index (χ1n) is 8.09. The number of nitrogens with one attached hydrogen (secondary N) is 2. The molecule has 0 atom stereocenters. The number of hydrogen-bond acceptors (Lipinski definition) is 4. The summed E-state index contributed by atoms with van der Waals surface area (Å²) in [5.41, 5.74) is 2.71. The minimum absolute atomic E-state index is 0.0479. The molecule has 2 N–H and O–H groups in total. The summed E-state index contributed by atoms with van der Waals surface area (Å²) in [5.74, 6) is -0.641. The first-order valence-corrected chi connectivity index (χ1v) is 8.91. The molecule has 0 fully saturated rings. The number of amides is 2. The number of aryl methyl sites for hydroxylation is 3. The lowest BCUT2D eigenvalue weighted by molar-refractivity contribution is -0.124. The molecule has 1 aromatic heterocycles. The Hall–Kier alpha value is -2.47. The normalized spacial score (nSPS) is 10.4. The fraction of sp³-hybridized carbons (Fsp3) is 0.316. The molecule has 0 saturated carbocycles. The van der Waals surface area contributed by atoms with Crippen molar-refractivity contribution >= 4 is 34.6 Å². The average molecular weight is 358 g/mol. The molecule has 0 unspecified atom stereocenters. The van der Waals surface area contributed by atoms with Crippen molar-refractivity contribution in [1.82, 2.24) is 5.32 Å². The van der Waals surface area contributed by atoms with Crippen LogP contribution in [0.1, 0.15) is 38.5 Å². The molecule has 25 heavy (non-hydrogen) atoms. The highest BCUT2D eigenvalue weighted by Crippen LogP contribution is 2.19. The summed E-state index contributed by atoms with van der Waals surface area (Å²) < 4.78 is 0. The molecule has 6 heteroatoms. The molecule has 2 aromatic rings. The van der Waals surface area contributed by atoms with Gasteiger partial charge in [-0.2, -0.15) is 0 Å². The van der Waals surface area contributed by atoms with Gasteiger partial charge in [-0.15, -0.1) is 11.3 Å². The Morgan fingerprint density at radius 3 is 2.20 bits per heavy atom. The van der Waals surface area contributed by atoms with Gasteiger partial charge in [0.1, 0.15) is 0 Å². The summed E-state index contributed by atoms with van der Waals surface area (Å²) in [4.78, 5) is 37.5. The van der Waals surface area contributed by atoms with E-state index in [1.54, 1.807) is 6.07 Å². The smallest absolute Gasteiger partial charge is 0.243 e. The number of rotatable bonds is 7. The lowest BCUT2D eigenvalue weighted by Gasteiger charge is -2.11. The molecule has 0 aliphatic carbocycles. The van der Waals surface area contributed by atoms with E-state index in [9.17, 15) is 14.4 Å². The van der Waals surface area contributed by atoms with Crippen LogP contribution in [0.4, 0.5) is 5.69 Å². The van der Waals surface area contributed by atoms with Gasteiger partial charge in [0.05, 0.1) is 11.4 Å². The Labute approximate surface area is 151 Å². The van der Waals surface area contributed by atoms with Crippen LogP contribution in [0, 0.1) is 20.8 Å². The fourth-order valence-corrected chi connectivity index (χ4v) is 3.23. The minimum atomic E-state index is -0.307. The van der Waals surface area contributed by atoms with Gasteiger partial charge in [-0.1, -0.05) is 18.2 Å². The topological polar surface area (TPSA) is 75.3 Å². The van der Waals surface area contributed by atoms with E-state index in [2.05, 4.69) is 10.6 Å². The van der Waals surface area contributed by atoms with Crippen LogP contribution < -0.4 is 10.6 Å². The molecule has 1 heterocycles. The first-order chi connectivity index (χ1) is 11.9. The molecule has 0 aliphatic heterocycles. The third kappa shape index (κ3) is 5.53. The number of ketones is 1. The van der Waals surface area contributed by atoms with Crippen molar-refractivity contribution in [3.8, 4) is 0 Å². The van der Waals surface area contributed by atoms with Gasteiger partial charge in [-0.05, 0) is 44.0 Å². The highest BCUT2D eigenvalue weighted by Gasteiger charge is 2.12. The highest BCUT2D eigenvalue weighted by atomic mass is 32.1. The molecule has 0 bridgehead atoms. The maximum Gasteiger partial charge on any atom is 0.243 e. The lowest BCUT2D eigenvalue weighted by atomic mass is 10.1. The van der Waals surface area contributed by atoms with Crippen LogP contribution in [0.5, 0.6) is 0 Å². The van der Waals surface area contributed by atoms with Crippen molar-refractivity contribution in [2.45, 2.75) is 33.6 Å². The van der Waals surface area contributed by atoms with E-state index in [1.165, 1.54) is 11.3 Å². The third-order valence-corrected chi connectivity index (χ3v) is 4.83. The van der Waals surface area contributed by atoms with Crippen LogP contribution >= 0.6 is 11.3 Å². The second-order valence-electron chi connectivity index (χ2n) is 5.93. The van der Waals surface area contributed by atoms with Crippen molar-refractivity contribution in [3.63, 3.8) is 0 Å². The molecule has 0 spiro atoms. The van der Waals surface area contributed by atoms with Crippen LogP contribution in [0.2, 0.25) is 0 Å². The standard InChI is InChI=1S/C19H22N2O3S/c1-12-5-4-6-13(2)19(12)21-18(24)11-20-17(23)10-8-15(22)16-9-7-14(3)25-16/h4-7,9H,8,10-11H2,1-3H3,(H,20,23)(H,21,24). The van der Waals surface area contributed by atoms with Crippen molar-refractivity contribution in [2.75, 3.05) is 11.9 Å². The number of anilines is 1. The van der Waals surface area contributed by atoms with Crippen molar-refractivity contribution in [2.24, 2.45) is 0 Å². The number of thiophene rings is 1. The number of carbonyl (C=O) groups excluding carboxylic acids is 3. The minimum Gasteiger partial charge on any atom is -0.347 e. The second-order valence-corrected chi connectivity index (χ2v) is 7.21. The van der Waals surface area contributed by atoms with E-state index < -0.39 is 0 Å². The zero-order valence-corrected chi connectivity index (χ0v) is 15.5. The van der Waals surface area contributed by atoms with Gasteiger partial charge in [0.15, 0.2) is 5.78 Å². The number of carbonyl (C=O) groups is 3. The van der Waals surface area contributed by atoms with Gasteiger partial charge in [0.25, 0.3) is 0 Å². The Morgan fingerprint density at radius 1 is 0.920 bits per heavy atom. The monoisotopic (exact) mass is 358 g/mol. The Balaban J connectivity index is 1.76. The summed E-state index contributed by atoms with van der Waals surface area (Å²) in [7, 11) is 0. The Bertz CT molecular complexity index is 775. The van der Waals surface area contributed by atoms with Crippen molar-refractivity contribution < 1.29 is 14.4 Å². The molecule has 2 rings (SSSR count). The van der Waals surface area contributed by atoms with E-state index in [4.69, 9.17) is 0 Å². The van der Waals surface area contributed by atoms with E-state index in [0.717, 1.165) is 21.7 Å². The van der Waals surface area contributed by atoms with Gasteiger partial charge in [0.2, 0.25) is 11.8 Å². The van der Waals surface area contributed by atoms with Gasteiger partial charge in [0, 0.05) is 23.4 Å². The molecule has 0 aliphatic rings. The molecule has 0 radical (unpaired) electrons. The molecule has 1 aromatic carbocycles. The highest BCUT2D eigenvalue weighted by molar-refractivity contribution is 7.14. The predicted octanol–water partition coefficient (Wildman–Crippen LogP) is 3.39. The Morgan fingerprint density at radius 2 is 1.60 bits per heavy atom. The van der Waals surface area contributed by atoms with Gasteiger partial charge < -0.3 is 10.6 Å². The summed E-state index contributed by atoms with van der Waals surface area (Å²) in [6.45, 7) is 5.65. The zero-order valence-electron chi connectivity index (χ0n) is 14.6. The zero-order chi connectivity index (χ0) is 18.4. The Kier molecular flexibility index (Phi) is 6.47. The molecule has 2 amide bonds. The SMILES string of the molecule is Cc1ccc(C(=O)CCC(=O)NCC(=O)Nc2c(C)cccc2C)s1. The van der Waals surface area contributed by atoms with Crippen LogP contribution in [0.15, 0.2) is 30.3 Å². The van der Waals surface area contributed by atoms with Crippen LogP contribution in [0.25, 0.3) is 0 Å². The van der Waals surface area contributed by atoms with Crippen LogP contribution in [-0.2, 0) is 9.59 Å². The van der Waals surface area contributed by atoms with Gasteiger partial charge in [-0.25, -0.2) is 0 Å². The molecular formula is C19H22N2O3S. The lowest BCUT2D eigenvalue weighted by Crippen LogP contribution is -2.33. The maximum atomic E-state index is 12.0. The van der Waals surface area contributed by atoms with E-state index in [0.29, 0.717) is 4.88 Å². The third-order valence-electron chi connectivity index (χ3n) is 3.79. The summed E-state index contributed by atoms with van der Waals surface area (Å²) in [5, 5.41) is 5.36. The number of para-hydroxylation sites is 1. The van der Waals surface area contributed by atoms with Crippen LogP contribution in [-0.4, -0.2) is 24.1 Å². The molecule has 132 valence electrons. The summed E-state index contributed by atoms with van der Waals surface area (Å²) in [6.07, 6.45) is 0.219. The fourth-order valence-electron chi connectivity index (χ4n) is 2.40. The quantitative estimate of drug-likeness (QED) is 0.745. The van der Waals surface area contributed by atoms with E-state index in [-0.39, 0.29) is 37.0 Å². The first kappa shape index (κ1) is 18.9. The van der Waals surface area contributed by atoms with E-state index in [1.807, 2.05) is 45.0 Å². The second kappa shape index (κ2) is 8.58. The molecular weight excluding hydrogens is 336 g/mol. The van der Waals surface area contributed by atoms with Gasteiger partial charge >= 0.3 is 0 Å². The maximum absolute atomic E-state index is 12.0.